The molecule has 3 atom stereocenters. The van der Waals surface area contributed by atoms with Gasteiger partial charge in [-0.15, -0.1) is 0 Å². The SMILES string of the molecule is CCC1CCCC12CC(O)c1cc(OC)ccc1O2. The number of methoxy groups -OCH3 is 1. The van der Waals surface area contributed by atoms with Crippen LogP contribution in [0.25, 0.3) is 0 Å². The molecule has 1 saturated carbocycles. The van der Waals surface area contributed by atoms with E-state index in [1.54, 1.807) is 7.11 Å². The lowest BCUT2D eigenvalue weighted by atomic mass is 9.80. The van der Waals surface area contributed by atoms with Gasteiger partial charge in [-0.05, 0) is 49.8 Å². The van der Waals surface area contributed by atoms with Crippen LogP contribution in [0.2, 0.25) is 0 Å². The van der Waals surface area contributed by atoms with Crippen molar-refractivity contribution >= 4 is 0 Å². The molecule has 0 amide bonds. The number of aliphatic hydroxyl groups excluding tert-OH is 1. The highest BCUT2D eigenvalue weighted by Crippen LogP contribution is 2.51. The molecule has 1 fully saturated rings. The Balaban J connectivity index is 1.96. The maximum atomic E-state index is 10.5. The van der Waals surface area contributed by atoms with Crippen molar-refractivity contribution in [1.29, 1.82) is 0 Å². The fourth-order valence-electron chi connectivity index (χ4n) is 3.80. The van der Waals surface area contributed by atoms with Crippen molar-refractivity contribution in [1.82, 2.24) is 0 Å². The van der Waals surface area contributed by atoms with Gasteiger partial charge < -0.3 is 14.6 Å². The van der Waals surface area contributed by atoms with Crippen LogP contribution in [0, 0.1) is 5.92 Å². The predicted octanol–water partition coefficient (Wildman–Crippen LogP) is 3.46. The minimum Gasteiger partial charge on any atom is -0.497 e. The van der Waals surface area contributed by atoms with Crippen molar-refractivity contribution in [3.63, 3.8) is 0 Å². The van der Waals surface area contributed by atoms with E-state index < -0.39 is 6.10 Å². The third-order valence-corrected chi connectivity index (χ3v) is 4.82. The van der Waals surface area contributed by atoms with Gasteiger partial charge >= 0.3 is 0 Å². The summed E-state index contributed by atoms with van der Waals surface area (Å²) in [4.78, 5) is 0. The van der Waals surface area contributed by atoms with Crippen LogP contribution < -0.4 is 9.47 Å². The van der Waals surface area contributed by atoms with Crippen LogP contribution in [0.15, 0.2) is 18.2 Å². The zero-order valence-corrected chi connectivity index (χ0v) is 11.7. The summed E-state index contributed by atoms with van der Waals surface area (Å²) in [5.41, 5.74) is 0.724. The smallest absolute Gasteiger partial charge is 0.126 e. The number of ether oxygens (including phenoxy) is 2. The molecule has 104 valence electrons. The van der Waals surface area contributed by atoms with Gasteiger partial charge in [-0.1, -0.05) is 6.92 Å². The Morgan fingerprint density at radius 3 is 3.05 bits per heavy atom. The van der Waals surface area contributed by atoms with Gasteiger partial charge in [0.1, 0.15) is 17.1 Å². The zero-order chi connectivity index (χ0) is 13.5. The first-order valence-electron chi connectivity index (χ1n) is 7.23. The molecule has 0 radical (unpaired) electrons. The largest absolute Gasteiger partial charge is 0.497 e. The highest BCUT2D eigenvalue weighted by Gasteiger charge is 2.48. The van der Waals surface area contributed by atoms with Gasteiger partial charge in [-0.25, -0.2) is 0 Å². The molecule has 3 rings (SSSR count). The third-order valence-electron chi connectivity index (χ3n) is 4.82. The van der Waals surface area contributed by atoms with E-state index in [0.29, 0.717) is 12.3 Å². The number of aliphatic hydroxyl groups is 1. The van der Waals surface area contributed by atoms with E-state index in [1.165, 1.54) is 12.8 Å². The van der Waals surface area contributed by atoms with Crippen molar-refractivity contribution < 1.29 is 14.6 Å². The summed E-state index contributed by atoms with van der Waals surface area (Å²) < 4.78 is 11.6. The average Bonchev–Trinajstić information content (AvgIpc) is 2.80. The minimum atomic E-state index is -0.439. The zero-order valence-electron chi connectivity index (χ0n) is 11.7. The highest BCUT2D eigenvalue weighted by atomic mass is 16.5. The van der Waals surface area contributed by atoms with E-state index in [9.17, 15) is 5.11 Å². The van der Waals surface area contributed by atoms with E-state index >= 15 is 0 Å². The summed E-state index contributed by atoms with van der Waals surface area (Å²) in [7, 11) is 1.64. The number of benzene rings is 1. The molecule has 3 heteroatoms. The lowest BCUT2D eigenvalue weighted by Crippen LogP contribution is -2.44. The molecule has 1 N–H and O–H groups in total. The van der Waals surface area contributed by atoms with Crippen LogP contribution in [-0.4, -0.2) is 17.8 Å². The second-order valence-electron chi connectivity index (χ2n) is 5.79. The summed E-state index contributed by atoms with van der Waals surface area (Å²) >= 11 is 0. The second kappa shape index (κ2) is 4.71. The monoisotopic (exact) mass is 262 g/mol. The van der Waals surface area contributed by atoms with Gasteiger partial charge in [0.25, 0.3) is 0 Å². The maximum Gasteiger partial charge on any atom is 0.126 e. The lowest BCUT2D eigenvalue weighted by Gasteiger charge is -2.42. The van der Waals surface area contributed by atoms with E-state index in [2.05, 4.69) is 6.92 Å². The summed E-state index contributed by atoms with van der Waals surface area (Å²) in [6.07, 6.45) is 4.88. The molecule has 1 heterocycles. The van der Waals surface area contributed by atoms with E-state index in [1.807, 2.05) is 18.2 Å². The third kappa shape index (κ3) is 2.00. The first-order valence-corrected chi connectivity index (χ1v) is 7.23. The highest BCUT2D eigenvalue weighted by molar-refractivity contribution is 5.44. The summed E-state index contributed by atoms with van der Waals surface area (Å²) in [5, 5.41) is 10.5. The lowest BCUT2D eigenvalue weighted by molar-refractivity contribution is -0.0411. The van der Waals surface area contributed by atoms with Gasteiger partial charge in [0, 0.05) is 12.0 Å². The van der Waals surface area contributed by atoms with Gasteiger partial charge in [-0.2, -0.15) is 0 Å². The quantitative estimate of drug-likeness (QED) is 0.887. The molecule has 0 aromatic heterocycles. The Hall–Kier alpha value is -1.22. The summed E-state index contributed by atoms with van der Waals surface area (Å²) in [6, 6.07) is 5.73. The Morgan fingerprint density at radius 1 is 1.47 bits per heavy atom. The van der Waals surface area contributed by atoms with Gasteiger partial charge in [0.05, 0.1) is 13.2 Å². The second-order valence-corrected chi connectivity index (χ2v) is 5.79. The summed E-state index contributed by atoms with van der Waals surface area (Å²) in [6.45, 7) is 2.22. The molecule has 3 unspecified atom stereocenters. The normalized spacial score (nSPS) is 33.0. The topological polar surface area (TPSA) is 38.7 Å². The Labute approximate surface area is 114 Å². The number of fused-ring (bicyclic) bond motifs is 1. The van der Waals surface area contributed by atoms with Crippen LogP contribution in [-0.2, 0) is 0 Å². The fourth-order valence-corrected chi connectivity index (χ4v) is 3.80. The van der Waals surface area contributed by atoms with Crippen molar-refractivity contribution in [2.75, 3.05) is 7.11 Å². The van der Waals surface area contributed by atoms with Crippen molar-refractivity contribution in [3.05, 3.63) is 23.8 Å². The van der Waals surface area contributed by atoms with Crippen molar-refractivity contribution in [2.24, 2.45) is 5.92 Å². The van der Waals surface area contributed by atoms with E-state index in [4.69, 9.17) is 9.47 Å². The Bertz CT molecular complexity index is 471. The van der Waals surface area contributed by atoms with Crippen LogP contribution in [0.3, 0.4) is 0 Å². The fraction of sp³-hybridized carbons (Fsp3) is 0.625. The molecule has 1 aromatic rings. The predicted molar refractivity (Wildman–Crippen MR) is 73.6 cm³/mol. The molecule has 1 aromatic carbocycles. The Kier molecular flexibility index (Phi) is 3.17. The van der Waals surface area contributed by atoms with Crippen LogP contribution in [0.5, 0.6) is 11.5 Å². The van der Waals surface area contributed by atoms with E-state index in [-0.39, 0.29) is 5.60 Å². The molecular formula is C16H22O3. The molecule has 1 aliphatic heterocycles. The number of hydrogen-bond donors (Lipinski definition) is 1. The maximum absolute atomic E-state index is 10.5. The summed E-state index contributed by atoms with van der Waals surface area (Å²) in [5.74, 6) is 2.17. The molecule has 19 heavy (non-hydrogen) atoms. The number of rotatable bonds is 2. The average molecular weight is 262 g/mol. The van der Waals surface area contributed by atoms with Gasteiger partial charge in [0.15, 0.2) is 0 Å². The number of hydrogen-bond acceptors (Lipinski definition) is 3. The molecule has 1 aliphatic carbocycles. The van der Waals surface area contributed by atoms with Crippen LogP contribution in [0.4, 0.5) is 0 Å². The molecule has 0 bridgehead atoms. The molecular weight excluding hydrogens is 240 g/mol. The minimum absolute atomic E-state index is 0.143. The van der Waals surface area contributed by atoms with Crippen LogP contribution >= 0.6 is 0 Å². The van der Waals surface area contributed by atoms with E-state index in [0.717, 1.165) is 29.9 Å². The molecule has 2 aliphatic rings. The first kappa shape index (κ1) is 12.8. The van der Waals surface area contributed by atoms with Crippen LogP contribution in [0.1, 0.15) is 50.7 Å². The van der Waals surface area contributed by atoms with Gasteiger partial charge in [0.2, 0.25) is 0 Å². The molecule has 3 nitrogen and oxygen atoms in total. The van der Waals surface area contributed by atoms with Crippen molar-refractivity contribution in [2.45, 2.75) is 50.7 Å². The molecule has 0 saturated heterocycles. The van der Waals surface area contributed by atoms with Gasteiger partial charge in [-0.3, -0.25) is 0 Å². The first-order chi connectivity index (χ1) is 9.18. The Morgan fingerprint density at radius 2 is 2.32 bits per heavy atom. The molecule has 1 spiro atoms. The standard InChI is InChI=1S/C16H22O3/c1-3-11-5-4-8-16(11)10-14(17)13-9-12(18-2)6-7-15(13)19-16/h6-7,9,11,14,17H,3-5,8,10H2,1-2H3. The van der Waals surface area contributed by atoms with Crippen molar-refractivity contribution in [3.8, 4) is 11.5 Å².